The molecule has 78 valence electrons. The summed E-state index contributed by atoms with van der Waals surface area (Å²) in [5, 5.41) is 1.97. The largest absolute Gasteiger partial charge is 0.361 e. The van der Waals surface area contributed by atoms with E-state index < -0.39 is 0 Å². The fourth-order valence-electron chi connectivity index (χ4n) is 2.34. The molecule has 3 heteroatoms. The molecule has 0 bridgehead atoms. The maximum absolute atomic E-state index is 6.32. The summed E-state index contributed by atoms with van der Waals surface area (Å²) in [4.78, 5) is 3.24. The van der Waals surface area contributed by atoms with Gasteiger partial charge in [0.15, 0.2) is 0 Å². The molecule has 15 heavy (non-hydrogen) atoms. The van der Waals surface area contributed by atoms with E-state index in [-0.39, 0.29) is 5.54 Å². The summed E-state index contributed by atoms with van der Waals surface area (Å²) < 4.78 is 0. The van der Waals surface area contributed by atoms with Crippen molar-refractivity contribution in [2.75, 3.05) is 0 Å². The number of benzene rings is 1. The Labute approximate surface area is 93.4 Å². The fraction of sp³-hybridized carbons (Fsp3) is 0.333. The fourth-order valence-corrected chi connectivity index (χ4v) is 2.51. The molecular formula is C12H13ClN2. The lowest BCUT2D eigenvalue weighted by Crippen LogP contribution is -2.43. The Kier molecular flexibility index (Phi) is 1.85. The summed E-state index contributed by atoms with van der Waals surface area (Å²) in [7, 11) is 0. The molecule has 0 atom stereocenters. The zero-order chi connectivity index (χ0) is 10.5. The molecular weight excluding hydrogens is 208 g/mol. The van der Waals surface area contributed by atoms with Gasteiger partial charge in [-0.2, -0.15) is 0 Å². The molecule has 0 unspecified atom stereocenters. The summed E-state index contributed by atoms with van der Waals surface area (Å²) >= 11 is 5.94. The number of rotatable bonds is 1. The molecule has 0 spiro atoms. The average molecular weight is 221 g/mol. The molecule has 0 aliphatic heterocycles. The molecule has 2 aromatic rings. The zero-order valence-corrected chi connectivity index (χ0v) is 9.14. The minimum atomic E-state index is -0.105. The quantitative estimate of drug-likeness (QED) is 0.762. The normalized spacial score (nSPS) is 19.1. The molecule has 2 nitrogen and oxygen atoms in total. The Balaban J connectivity index is 2.20. The van der Waals surface area contributed by atoms with Gasteiger partial charge in [0.1, 0.15) is 0 Å². The van der Waals surface area contributed by atoms with Crippen LogP contribution in [0.3, 0.4) is 0 Å². The second kappa shape index (κ2) is 3.00. The first-order chi connectivity index (χ1) is 7.19. The first-order valence-corrected chi connectivity index (χ1v) is 5.63. The van der Waals surface area contributed by atoms with Crippen molar-refractivity contribution < 1.29 is 0 Å². The summed E-state index contributed by atoms with van der Waals surface area (Å²) in [5.41, 5.74) is 8.53. The number of fused-ring (bicyclic) bond motifs is 1. The minimum absolute atomic E-state index is 0.105. The molecule has 3 N–H and O–H groups in total. The number of hydrogen-bond donors (Lipinski definition) is 2. The zero-order valence-electron chi connectivity index (χ0n) is 8.39. The van der Waals surface area contributed by atoms with Gasteiger partial charge in [0.2, 0.25) is 0 Å². The summed E-state index contributed by atoms with van der Waals surface area (Å²) in [6.45, 7) is 0. The Bertz CT molecular complexity index is 511. The maximum atomic E-state index is 6.32. The third kappa shape index (κ3) is 1.29. The third-order valence-electron chi connectivity index (χ3n) is 3.43. The van der Waals surface area contributed by atoms with E-state index in [0.717, 1.165) is 23.4 Å². The molecule has 1 saturated carbocycles. The van der Waals surface area contributed by atoms with Crippen molar-refractivity contribution in [1.29, 1.82) is 0 Å². The third-order valence-corrected chi connectivity index (χ3v) is 3.66. The Morgan fingerprint density at radius 1 is 1.33 bits per heavy atom. The SMILES string of the molecule is NC1(c2c[nH]c3cc(Cl)ccc23)CCC1. The van der Waals surface area contributed by atoms with Crippen molar-refractivity contribution in [3.05, 3.63) is 35.0 Å². The Morgan fingerprint density at radius 2 is 2.13 bits per heavy atom. The average Bonchev–Trinajstić information content (AvgIpc) is 2.57. The number of nitrogens with one attached hydrogen (secondary N) is 1. The predicted molar refractivity (Wildman–Crippen MR) is 63.0 cm³/mol. The van der Waals surface area contributed by atoms with E-state index in [1.165, 1.54) is 17.4 Å². The molecule has 0 saturated heterocycles. The topological polar surface area (TPSA) is 41.8 Å². The van der Waals surface area contributed by atoms with Crippen LogP contribution in [-0.2, 0) is 5.54 Å². The monoisotopic (exact) mass is 220 g/mol. The molecule has 1 aliphatic rings. The lowest BCUT2D eigenvalue weighted by Gasteiger charge is -2.38. The van der Waals surface area contributed by atoms with Crippen LogP contribution in [0.1, 0.15) is 24.8 Å². The standard InChI is InChI=1S/C12H13ClN2/c13-8-2-3-9-10(7-15-11(9)6-8)12(14)4-1-5-12/h2-3,6-7,15H,1,4-5,14H2. The van der Waals surface area contributed by atoms with Crippen LogP contribution in [0.2, 0.25) is 5.02 Å². The van der Waals surface area contributed by atoms with E-state index in [1.807, 2.05) is 18.3 Å². The molecule has 1 aliphatic carbocycles. The van der Waals surface area contributed by atoms with Gasteiger partial charge in [-0.25, -0.2) is 0 Å². The van der Waals surface area contributed by atoms with Crippen molar-refractivity contribution in [3.63, 3.8) is 0 Å². The molecule has 0 radical (unpaired) electrons. The number of aromatic amines is 1. The van der Waals surface area contributed by atoms with Crippen LogP contribution < -0.4 is 5.73 Å². The van der Waals surface area contributed by atoms with Crippen LogP contribution in [0, 0.1) is 0 Å². The van der Waals surface area contributed by atoms with E-state index in [4.69, 9.17) is 17.3 Å². The van der Waals surface area contributed by atoms with Gasteiger partial charge in [0.25, 0.3) is 0 Å². The molecule has 1 fully saturated rings. The molecule has 1 aromatic heterocycles. The molecule has 0 amide bonds. The van der Waals surface area contributed by atoms with Gasteiger partial charge >= 0.3 is 0 Å². The lowest BCUT2D eigenvalue weighted by molar-refractivity contribution is 0.256. The van der Waals surface area contributed by atoms with Crippen molar-refractivity contribution >= 4 is 22.5 Å². The van der Waals surface area contributed by atoms with Gasteiger partial charge in [0.05, 0.1) is 0 Å². The highest BCUT2D eigenvalue weighted by Crippen LogP contribution is 2.41. The van der Waals surface area contributed by atoms with Crippen molar-refractivity contribution in [3.8, 4) is 0 Å². The number of aromatic nitrogens is 1. The van der Waals surface area contributed by atoms with Gasteiger partial charge in [-0.1, -0.05) is 17.7 Å². The van der Waals surface area contributed by atoms with Crippen LogP contribution in [0.4, 0.5) is 0 Å². The smallest absolute Gasteiger partial charge is 0.0472 e. The minimum Gasteiger partial charge on any atom is -0.361 e. The predicted octanol–water partition coefficient (Wildman–Crippen LogP) is 3.16. The van der Waals surface area contributed by atoms with Gasteiger partial charge in [0, 0.05) is 27.7 Å². The number of H-pyrrole nitrogens is 1. The summed E-state index contributed by atoms with van der Waals surface area (Å²) in [6, 6.07) is 5.92. The van der Waals surface area contributed by atoms with Gasteiger partial charge in [-0.15, -0.1) is 0 Å². The first kappa shape index (κ1) is 9.25. The van der Waals surface area contributed by atoms with Gasteiger partial charge in [-0.3, -0.25) is 0 Å². The lowest BCUT2D eigenvalue weighted by atomic mass is 9.73. The molecule has 1 aromatic carbocycles. The maximum Gasteiger partial charge on any atom is 0.0472 e. The summed E-state index contributed by atoms with van der Waals surface area (Å²) in [6.07, 6.45) is 5.43. The van der Waals surface area contributed by atoms with Gasteiger partial charge < -0.3 is 10.7 Å². The number of hydrogen-bond acceptors (Lipinski definition) is 1. The first-order valence-electron chi connectivity index (χ1n) is 5.25. The van der Waals surface area contributed by atoms with Gasteiger partial charge in [-0.05, 0) is 37.0 Å². The summed E-state index contributed by atoms with van der Waals surface area (Å²) in [5.74, 6) is 0. The van der Waals surface area contributed by atoms with Crippen LogP contribution in [-0.4, -0.2) is 4.98 Å². The van der Waals surface area contributed by atoms with Crippen LogP contribution >= 0.6 is 11.6 Å². The highest BCUT2D eigenvalue weighted by atomic mass is 35.5. The van der Waals surface area contributed by atoms with E-state index in [9.17, 15) is 0 Å². The van der Waals surface area contributed by atoms with E-state index >= 15 is 0 Å². The number of nitrogens with two attached hydrogens (primary N) is 1. The second-order valence-electron chi connectivity index (χ2n) is 4.40. The van der Waals surface area contributed by atoms with Crippen LogP contribution in [0.15, 0.2) is 24.4 Å². The van der Waals surface area contributed by atoms with Crippen molar-refractivity contribution in [1.82, 2.24) is 4.98 Å². The highest BCUT2D eigenvalue weighted by Gasteiger charge is 2.36. The van der Waals surface area contributed by atoms with Crippen molar-refractivity contribution in [2.24, 2.45) is 5.73 Å². The van der Waals surface area contributed by atoms with E-state index in [0.29, 0.717) is 0 Å². The van der Waals surface area contributed by atoms with E-state index in [1.54, 1.807) is 0 Å². The molecule has 3 rings (SSSR count). The Morgan fingerprint density at radius 3 is 2.80 bits per heavy atom. The molecule has 1 heterocycles. The van der Waals surface area contributed by atoms with Crippen LogP contribution in [0.5, 0.6) is 0 Å². The highest BCUT2D eigenvalue weighted by molar-refractivity contribution is 6.31. The number of halogens is 1. The Hall–Kier alpha value is -0.990. The van der Waals surface area contributed by atoms with Crippen LogP contribution in [0.25, 0.3) is 10.9 Å². The second-order valence-corrected chi connectivity index (χ2v) is 4.84. The van der Waals surface area contributed by atoms with Crippen molar-refractivity contribution in [2.45, 2.75) is 24.8 Å². The van der Waals surface area contributed by atoms with E-state index in [2.05, 4.69) is 11.1 Å².